The summed E-state index contributed by atoms with van der Waals surface area (Å²) >= 11 is 0. The molecule has 0 radical (unpaired) electrons. The van der Waals surface area contributed by atoms with Gasteiger partial charge in [0.25, 0.3) is 5.69 Å². The molecule has 1 heterocycles. The summed E-state index contributed by atoms with van der Waals surface area (Å²) in [6.07, 6.45) is 0. The van der Waals surface area contributed by atoms with Crippen molar-refractivity contribution in [3.05, 3.63) is 34.4 Å². The van der Waals surface area contributed by atoms with E-state index in [0.717, 1.165) is 0 Å². The summed E-state index contributed by atoms with van der Waals surface area (Å²) < 4.78 is 25.9. The molecular weight excluding hydrogens is 270 g/mol. The molecule has 0 bridgehead atoms. The Kier molecular flexibility index (Phi) is 3.57. The number of rotatable bonds is 3. The van der Waals surface area contributed by atoms with Gasteiger partial charge in [0, 0.05) is 31.3 Å². The predicted octanol–water partition coefficient (Wildman–Crippen LogP) is 0.563. The molecule has 2 N–H and O–H groups in total. The fourth-order valence-electron chi connectivity index (χ4n) is 2.03. The number of sulfonamides is 1. The van der Waals surface area contributed by atoms with Crippen LogP contribution in [-0.4, -0.2) is 36.8 Å². The summed E-state index contributed by atoms with van der Waals surface area (Å²) in [5.74, 6) is 0.104. The highest BCUT2D eigenvalue weighted by atomic mass is 32.2. The summed E-state index contributed by atoms with van der Waals surface area (Å²) in [7, 11) is -3.62. The number of non-ortho nitro benzene ring substituents is 1. The van der Waals surface area contributed by atoms with Crippen molar-refractivity contribution in [2.45, 2.75) is 17.9 Å². The summed E-state index contributed by atoms with van der Waals surface area (Å²) in [5.41, 5.74) is 5.68. The van der Waals surface area contributed by atoms with Gasteiger partial charge in [0.05, 0.1) is 9.82 Å². The average Bonchev–Trinajstić information content (AvgIpc) is 2.70. The van der Waals surface area contributed by atoms with Crippen LogP contribution in [0.3, 0.4) is 0 Å². The molecule has 1 aliphatic rings. The van der Waals surface area contributed by atoms with Crippen molar-refractivity contribution in [3.63, 3.8) is 0 Å². The lowest BCUT2D eigenvalue weighted by Gasteiger charge is -2.15. The van der Waals surface area contributed by atoms with Gasteiger partial charge in [-0.25, -0.2) is 8.42 Å². The molecule has 0 unspecified atom stereocenters. The monoisotopic (exact) mass is 285 g/mol. The zero-order valence-electron chi connectivity index (χ0n) is 10.4. The van der Waals surface area contributed by atoms with Crippen LogP contribution in [0.25, 0.3) is 0 Å². The van der Waals surface area contributed by atoms with Gasteiger partial charge in [-0.2, -0.15) is 4.31 Å². The number of hydrogen-bond acceptors (Lipinski definition) is 5. The van der Waals surface area contributed by atoms with Crippen molar-refractivity contribution in [1.29, 1.82) is 0 Å². The van der Waals surface area contributed by atoms with Crippen LogP contribution in [0.4, 0.5) is 5.69 Å². The molecule has 104 valence electrons. The van der Waals surface area contributed by atoms with Crippen molar-refractivity contribution in [1.82, 2.24) is 4.31 Å². The Labute approximate surface area is 111 Å². The fraction of sp³-hybridized carbons (Fsp3) is 0.455. The van der Waals surface area contributed by atoms with Gasteiger partial charge in [-0.1, -0.05) is 6.92 Å². The second-order valence-electron chi connectivity index (χ2n) is 4.71. The van der Waals surface area contributed by atoms with E-state index in [1.165, 1.54) is 28.6 Å². The van der Waals surface area contributed by atoms with Gasteiger partial charge in [-0.05, 0) is 18.1 Å². The quantitative estimate of drug-likeness (QED) is 0.645. The van der Waals surface area contributed by atoms with Crippen LogP contribution in [0, 0.1) is 16.0 Å². The lowest BCUT2D eigenvalue weighted by atomic mass is 10.1. The topological polar surface area (TPSA) is 107 Å². The Morgan fingerprint density at radius 1 is 1.32 bits per heavy atom. The second-order valence-corrected chi connectivity index (χ2v) is 6.65. The minimum absolute atomic E-state index is 0.0550. The van der Waals surface area contributed by atoms with E-state index >= 15 is 0 Å². The van der Waals surface area contributed by atoms with E-state index in [9.17, 15) is 18.5 Å². The molecule has 0 aromatic heterocycles. The van der Waals surface area contributed by atoms with Gasteiger partial charge in [0.2, 0.25) is 10.0 Å². The highest BCUT2D eigenvalue weighted by Gasteiger charge is 2.35. The van der Waals surface area contributed by atoms with Gasteiger partial charge in [-0.3, -0.25) is 10.1 Å². The molecule has 1 aromatic carbocycles. The molecule has 0 spiro atoms. The molecular formula is C11H15N3O4S. The van der Waals surface area contributed by atoms with Crippen LogP contribution in [0.2, 0.25) is 0 Å². The smallest absolute Gasteiger partial charge is 0.269 e. The van der Waals surface area contributed by atoms with E-state index in [1.807, 2.05) is 6.92 Å². The van der Waals surface area contributed by atoms with Crippen LogP contribution >= 0.6 is 0 Å². The molecule has 19 heavy (non-hydrogen) atoms. The maximum atomic E-state index is 12.3. The number of nitrogens with two attached hydrogens (primary N) is 1. The van der Waals surface area contributed by atoms with Crippen molar-refractivity contribution in [3.8, 4) is 0 Å². The third kappa shape index (κ3) is 2.60. The second kappa shape index (κ2) is 4.87. The van der Waals surface area contributed by atoms with E-state index in [-0.39, 0.29) is 29.1 Å². The summed E-state index contributed by atoms with van der Waals surface area (Å²) in [6, 6.07) is 4.70. The third-order valence-corrected chi connectivity index (χ3v) is 5.17. The Balaban J connectivity index is 2.27. The lowest BCUT2D eigenvalue weighted by molar-refractivity contribution is -0.384. The predicted molar refractivity (Wildman–Crippen MR) is 69.0 cm³/mol. The zero-order valence-corrected chi connectivity index (χ0v) is 11.2. The summed E-state index contributed by atoms with van der Waals surface area (Å²) in [5, 5.41) is 10.5. The van der Waals surface area contributed by atoms with Crippen LogP contribution in [0.15, 0.2) is 29.2 Å². The first-order valence-corrected chi connectivity index (χ1v) is 7.26. The Morgan fingerprint density at radius 3 is 2.32 bits per heavy atom. The molecule has 0 saturated carbocycles. The van der Waals surface area contributed by atoms with E-state index in [4.69, 9.17) is 5.73 Å². The molecule has 7 nitrogen and oxygen atoms in total. The fourth-order valence-corrected chi connectivity index (χ4v) is 3.61. The molecule has 8 heteroatoms. The molecule has 1 aromatic rings. The number of nitrogens with zero attached hydrogens (tertiary/aromatic N) is 2. The van der Waals surface area contributed by atoms with Crippen molar-refractivity contribution < 1.29 is 13.3 Å². The van der Waals surface area contributed by atoms with Crippen molar-refractivity contribution >= 4 is 15.7 Å². The molecule has 1 fully saturated rings. The van der Waals surface area contributed by atoms with Crippen LogP contribution in [0.1, 0.15) is 6.92 Å². The molecule has 2 rings (SSSR count). The standard InChI is InChI=1S/C11H15N3O4S/c1-8-6-13(7-11(8)12)19(17,18)10-4-2-9(3-5-10)14(15)16/h2-5,8,11H,6-7,12H2,1H3/t8-,11-/m0/s1. The number of hydrogen-bond donors (Lipinski definition) is 1. The lowest BCUT2D eigenvalue weighted by Crippen LogP contribution is -2.32. The third-order valence-electron chi connectivity index (χ3n) is 3.32. The highest BCUT2D eigenvalue weighted by Crippen LogP contribution is 2.24. The van der Waals surface area contributed by atoms with E-state index < -0.39 is 14.9 Å². The first-order valence-electron chi connectivity index (χ1n) is 5.82. The molecule has 0 aliphatic carbocycles. The van der Waals surface area contributed by atoms with Crippen LogP contribution in [-0.2, 0) is 10.0 Å². The van der Waals surface area contributed by atoms with Gasteiger partial charge in [0.15, 0.2) is 0 Å². The minimum atomic E-state index is -3.62. The van der Waals surface area contributed by atoms with E-state index in [0.29, 0.717) is 6.54 Å². The highest BCUT2D eigenvalue weighted by molar-refractivity contribution is 7.89. The van der Waals surface area contributed by atoms with Gasteiger partial charge >= 0.3 is 0 Å². The van der Waals surface area contributed by atoms with Gasteiger partial charge < -0.3 is 5.73 Å². The Bertz CT molecular complexity index is 574. The SMILES string of the molecule is C[C@H]1CN(S(=O)(=O)c2ccc([N+](=O)[O-])cc2)C[C@@H]1N. The molecule has 2 atom stereocenters. The van der Waals surface area contributed by atoms with Crippen LogP contribution < -0.4 is 5.73 Å². The van der Waals surface area contributed by atoms with Crippen LogP contribution in [0.5, 0.6) is 0 Å². The van der Waals surface area contributed by atoms with E-state index in [2.05, 4.69) is 0 Å². The summed E-state index contributed by atoms with van der Waals surface area (Å²) in [6.45, 7) is 2.55. The van der Waals surface area contributed by atoms with Gasteiger partial charge in [0.1, 0.15) is 0 Å². The minimum Gasteiger partial charge on any atom is -0.326 e. The number of nitro benzene ring substituents is 1. The average molecular weight is 285 g/mol. The maximum Gasteiger partial charge on any atom is 0.269 e. The maximum absolute atomic E-state index is 12.3. The molecule has 1 aliphatic heterocycles. The molecule has 0 amide bonds. The molecule has 1 saturated heterocycles. The first kappa shape index (κ1) is 13.9. The number of benzene rings is 1. The van der Waals surface area contributed by atoms with Crippen molar-refractivity contribution in [2.75, 3.05) is 13.1 Å². The van der Waals surface area contributed by atoms with E-state index in [1.54, 1.807) is 0 Å². The normalized spacial score (nSPS) is 24.5. The summed E-state index contributed by atoms with van der Waals surface area (Å²) in [4.78, 5) is 10.0. The zero-order chi connectivity index (χ0) is 14.2. The Morgan fingerprint density at radius 2 is 1.89 bits per heavy atom. The first-order chi connectivity index (χ1) is 8.82. The van der Waals surface area contributed by atoms with Gasteiger partial charge in [-0.15, -0.1) is 0 Å². The Hall–Kier alpha value is -1.51. The van der Waals surface area contributed by atoms with Crippen molar-refractivity contribution in [2.24, 2.45) is 11.7 Å². The number of nitro groups is 1. The largest absolute Gasteiger partial charge is 0.326 e.